The first-order chi connectivity index (χ1) is 22.3. The molecule has 2 fully saturated rings. The summed E-state index contributed by atoms with van der Waals surface area (Å²) >= 11 is 0. The molecule has 0 amide bonds. The first-order valence-electron chi connectivity index (χ1n) is 13.6. The average Bonchev–Trinajstić information content (AvgIpc) is 3.80. The number of nitrogens with zero attached hydrogens (tertiary/aromatic N) is 8. The van der Waals surface area contributed by atoms with Crippen LogP contribution in [0.1, 0.15) is 18.9 Å². The lowest BCUT2D eigenvalue weighted by Gasteiger charge is -2.25. The van der Waals surface area contributed by atoms with Gasteiger partial charge in [0.2, 0.25) is 11.8 Å². The number of phosphoric acid groups is 2. The lowest BCUT2D eigenvalue weighted by molar-refractivity contribution is -0.0565. The molecule has 6 rings (SSSR count). The second-order valence-electron chi connectivity index (χ2n) is 10.3. The Morgan fingerprint density at radius 1 is 0.936 bits per heavy atom. The molecule has 2 aliphatic heterocycles. The molecule has 4 aromatic heterocycles. The predicted molar refractivity (Wildman–Crippen MR) is 154 cm³/mol. The maximum Gasteiger partial charge on any atom is 0.475 e. The van der Waals surface area contributed by atoms with E-state index in [1.165, 1.54) is 28.9 Å². The number of aromatic nitrogens is 8. The van der Waals surface area contributed by atoms with Gasteiger partial charge in [0.25, 0.3) is 0 Å². The lowest BCUT2D eigenvalue weighted by Crippen LogP contribution is -2.36. The Hall–Kier alpha value is -3.44. The van der Waals surface area contributed by atoms with Crippen molar-refractivity contribution in [2.45, 2.75) is 49.4 Å². The Bertz CT molecular complexity index is 1850. The zero-order valence-electron chi connectivity index (χ0n) is 24.5. The van der Waals surface area contributed by atoms with Crippen molar-refractivity contribution in [3.05, 3.63) is 19.0 Å². The van der Waals surface area contributed by atoms with Crippen LogP contribution in [0.3, 0.4) is 0 Å². The zero-order chi connectivity index (χ0) is 33.7. The molecule has 4 aromatic rings. The molecule has 0 aromatic carbocycles. The molecule has 25 heteroatoms. The summed E-state index contributed by atoms with van der Waals surface area (Å²) in [5, 5.41) is 22.0. The molecule has 0 saturated carbocycles. The molecule has 2 aliphatic rings. The monoisotopic (exact) mass is 704 g/mol. The summed E-state index contributed by atoms with van der Waals surface area (Å²) in [7, 11) is -7.15. The molecular formula is C22H30N10O13P2. The molecule has 2 saturated heterocycles. The highest BCUT2D eigenvalue weighted by Gasteiger charge is 2.51. The third-order valence-electron chi connectivity index (χ3n) is 7.31. The van der Waals surface area contributed by atoms with Gasteiger partial charge >= 0.3 is 15.6 Å². The van der Waals surface area contributed by atoms with Crippen molar-refractivity contribution in [2.75, 3.05) is 38.9 Å². The number of aliphatic hydroxyl groups excluding tert-OH is 2. The summed E-state index contributed by atoms with van der Waals surface area (Å²) in [6.45, 7) is -1.22. The first-order valence-corrected chi connectivity index (χ1v) is 16.6. The van der Waals surface area contributed by atoms with E-state index >= 15 is 0 Å². The van der Waals surface area contributed by atoms with Gasteiger partial charge in [0.05, 0.1) is 39.1 Å². The van der Waals surface area contributed by atoms with Crippen LogP contribution in [0.25, 0.3) is 22.3 Å². The van der Waals surface area contributed by atoms with Crippen LogP contribution in [-0.4, -0.2) is 117 Å². The van der Waals surface area contributed by atoms with E-state index in [9.17, 15) is 29.1 Å². The quantitative estimate of drug-likeness (QED) is 0.0964. The fraction of sp³-hybridized carbons (Fsp3) is 0.545. The second-order valence-corrected chi connectivity index (χ2v) is 13.3. The van der Waals surface area contributed by atoms with Gasteiger partial charge in [-0.05, 0) is 0 Å². The minimum absolute atomic E-state index is 0.0143. The number of fused-ring (bicyclic) bond motifs is 2. The number of rotatable bonds is 12. The van der Waals surface area contributed by atoms with Gasteiger partial charge in [-0.3, -0.25) is 27.2 Å². The Morgan fingerprint density at radius 3 is 2.36 bits per heavy atom. The fourth-order valence-electron chi connectivity index (χ4n) is 5.21. The van der Waals surface area contributed by atoms with Gasteiger partial charge < -0.3 is 45.7 Å². The van der Waals surface area contributed by atoms with Crippen LogP contribution in [0, 0.1) is 0 Å². The van der Waals surface area contributed by atoms with Crippen molar-refractivity contribution < 1.29 is 61.4 Å². The zero-order valence-corrected chi connectivity index (χ0v) is 26.3. The number of phosphoric ester groups is 2. The van der Waals surface area contributed by atoms with Crippen LogP contribution < -0.4 is 16.2 Å². The highest BCUT2D eigenvalue weighted by atomic mass is 31.2. The summed E-state index contributed by atoms with van der Waals surface area (Å²) in [6.07, 6.45) is -5.14. The van der Waals surface area contributed by atoms with E-state index in [2.05, 4.69) is 34.4 Å². The third kappa shape index (κ3) is 6.66. The third-order valence-corrected chi connectivity index (χ3v) is 9.21. The Labute approximate surface area is 263 Å². The number of hydrogen-bond acceptors (Lipinski definition) is 19. The van der Waals surface area contributed by atoms with Crippen LogP contribution >= 0.6 is 15.6 Å². The number of methoxy groups -OCH3 is 1. The number of aliphatic hydroxyl groups is 2. The molecule has 8 atom stereocenters. The first kappa shape index (κ1) is 33.5. The van der Waals surface area contributed by atoms with Gasteiger partial charge in [-0.1, -0.05) is 0 Å². The Balaban J connectivity index is 1.18. The average molecular weight is 704 g/mol. The number of imidazole rings is 2. The summed E-state index contributed by atoms with van der Waals surface area (Å²) in [5.41, 5.74) is 12.5. The Morgan fingerprint density at radius 2 is 1.66 bits per heavy atom. The van der Waals surface area contributed by atoms with Gasteiger partial charge in [0.1, 0.15) is 36.3 Å². The van der Waals surface area contributed by atoms with E-state index in [1.807, 2.05) is 0 Å². The van der Waals surface area contributed by atoms with E-state index in [0.717, 1.165) is 13.4 Å². The SMILES string of the molecule is COc1nc(N)nc2c1ncn2[C@@H]1OC(COP(=O)(OC)O[C@@H]2C(COP(=O)(O)O)O[C@@H](n3cnc4c(N)ncnc43)[C@@H]2O)C[C@H]1O. The minimum Gasteiger partial charge on any atom is -0.479 e. The number of nitrogens with two attached hydrogens (primary N) is 2. The molecule has 0 radical (unpaired) electrons. The number of ether oxygens (including phenoxy) is 3. The molecular weight excluding hydrogens is 674 g/mol. The molecule has 3 unspecified atom stereocenters. The normalized spacial score (nSPS) is 27.9. The predicted octanol–water partition coefficient (Wildman–Crippen LogP) is -0.988. The summed E-state index contributed by atoms with van der Waals surface area (Å²) in [4.78, 5) is 43.0. The smallest absolute Gasteiger partial charge is 0.475 e. The molecule has 6 heterocycles. The van der Waals surface area contributed by atoms with Crippen molar-refractivity contribution in [2.24, 2.45) is 0 Å². The number of anilines is 2. The van der Waals surface area contributed by atoms with Crippen LogP contribution in [0.2, 0.25) is 0 Å². The Kier molecular flexibility index (Phi) is 9.17. The highest BCUT2D eigenvalue weighted by molar-refractivity contribution is 7.48. The van der Waals surface area contributed by atoms with Crippen molar-refractivity contribution in [3.63, 3.8) is 0 Å². The van der Waals surface area contributed by atoms with E-state index < -0.39 is 71.8 Å². The molecule has 256 valence electrons. The molecule has 47 heavy (non-hydrogen) atoms. The number of nitrogen functional groups attached to an aromatic ring is 2. The van der Waals surface area contributed by atoms with Gasteiger partial charge in [0.15, 0.2) is 35.1 Å². The molecule has 0 spiro atoms. The lowest BCUT2D eigenvalue weighted by atomic mass is 10.1. The van der Waals surface area contributed by atoms with Gasteiger partial charge in [-0.2, -0.15) is 9.97 Å². The van der Waals surface area contributed by atoms with Crippen LogP contribution in [0.4, 0.5) is 11.8 Å². The standard InChI is InChI=1S/C22H30N10O13P2/c1-39-19-13-18(29-22(24)30-19)32(8-28-13)20-10(33)3-9(43-20)4-42-47(38,40-2)45-15-11(5-41-46(35,36)37)44-21(14(15)34)31-7-27-12-16(23)25-6-26-17(12)31/h6-11,14-15,20-21,33-34H,3-5H2,1-2H3,(H2,23,25,26)(H2,24,29,30)(H2,35,36,37)/t9?,10-,11?,14-,15-,20-,21-,47?/m1/s1. The van der Waals surface area contributed by atoms with Crippen molar-refractivity contribution in [1.29, 1.82) is 0 Å². The van der Waals surface area contributed by atoms with E-state index in [0.29, 0.717) is 0 Å². The van der Waals surface area contributed by atoms with Crippen LogP contribution in [0.5, 0.6) is 5.88 Å². The van der Waals surface area contributed by atoms with Gasteiger partial charge in [0, 0.05) is 13.5 Å². The van der Waals surface area contributed by atoms with Gasteiger partial charge in [-0.25, -0.2) is 29.1 Å². The number of hydrogen-bond donors (Lipinski definition) is 6. The van der Waals surface area contributed by atoms with E-state index in [-0.39, 0.29) is 46.4 Å². The second kappa shape index (κ2) is 12.9. The fourth-order valence-corrected chi connectivity index (χ4v) is 6.71. The summed E-state index contributed by atoms with van der Waals surface area (Å²) < 4.78 is 65.6. The largest absolute Gasteiger partial charge is 0.479 e. The van der Waals surface area contributed by atoms with Crippen LogP contribution in [-0.2, 0) is 36.7 Å². The van der Waals surface area contributed by atoms with Crippen molar-refractivity contribution in [1.82, 2.24) is 39.0 Å². The van der Waals surface area contributed by atoms with Gasteiger partial charge in [-0.15, -0.1) is 0 Å². The summed E-state index contributed by atoms with van der Waals surface area (Å²) in [5.74, 6) is 0.0814. The molecule has 0 bridgehead atoms. The molecule has 8 N–H and O–H groups in total. The topological polar surface area (TPSA) is 319 Å². The summed E-state index contributed by atoms with van der Waals surface area (Å²) in [6, 6.07) is 0. The maximum absolute atomic E-state index is 13.6. The van der Waals surface area contributed by atoms with Crippen molar-refractivity contribution in [3.8, 4) is 5.88 Å². The molecule has 0 aliphatic carbocycles. The molecule has 23 nitrogen and oxygen atoms in total. The van der Waals surface area contributed by atoms with E-state index in [1.54, 1.807) is 0 Å². The highest BCUT2D eigenvalue weighted by Crippen LogP contribution is 2.53. The maximum atomic E-state index is 13.6. The minimum atomic E-state index is -5.00. The van der Waals surface area contributed by atoms with Crippen LogP contribution in [0.15, 0.2) is 19.0 Å². The van der Waals surface area contributed by atoms with Crippen molar-refractivity contribution >= 4 is 49.7 Å². The van der Waals surface area contributed by atoms with E-state index in [4.69, 9.17) is 39.2 Å².